The van der Waals surface area contributed by atoms with Crippen LogP contribution in [-0.2, 0) is 6.61 Å². The van der Waals surface area contributed by atoms with E-state index in [2.05, 4.69) is 4.98 Å². The van der Waals surface area contributed by atoms with Gasteiger partial charge in [-0.1, -0.05) is 35.9 Å². The molecule has 0 aliphatic heterocycles. The second kappa shape index (κ2) is 8.23. The van der Waals surface area contributed by atoms with Crippen molar-refractivity contribution in [2.45, 2.75) is 13.5 Å². The van der Waals surface area contributed by atoms with Crippen LogP contribution in [0.1, 0.15) is 17.0 Å². The van der Waals surface area contributed by atoms with Crippen LogP contribution in [0.25, 0.3) is 17.5 Å². The van der Waals surface area contributed by atoms with Crippen LogP contribution in [0.5, 0.6) is 5.75 Å². The number of hydrogen-bond donors (Lipinski definition) is 0. The van der Waals surface area contributed by atoms with Gasteiger partial charge in [0, 0.05) is 0 Å². The zero-order chi connectivity index (χ0) is 19.2. The summed E-state index contributed by atoms with van der Waals surface area (Å²) in [4.78, 5) is 4.48. The molecule has 132 valence electrons. The summed E-state index contributed by atoms with van der Waals surface area (Å²) in [5, 5.41) is 18.2. The Labute approximate surface area is 161 Å². The molecule has 0 bridgehead atoms. The summed E-state index contributed by atoms with van der Waals surface area (Å²) in [5.41, 5.74) is 2.22. The van der Waals surface area contributed by atoms with Crippen molar-refractivity contribution in [3.05, 3.63) is 76.1 Å². The first kappa shape index (κ1) is 18.3. The number of benzene rings is 2. The van der Waals surface area contributed by atoms with Gasteiger partial charge in [-0.15, -0.1) is 0 Å². The van der Waals surface area contributed by atoms with Crippen molar-refractivity contribution in [2.75, 3.05) is 0 Å². The lowest BCUT2D eigenvalue weighted by Gasteiger charge is -2.04. The molecule has 1 aromatic heterocycles. The smallest absolute Gasteiger partial charge is 0.228 e. The highest BCUT2D eigenvalue weighted by molar-refractivity contribution is 6.33. The number of halogens is 1. The van der Waals surface area contributed by atoms with E-state index in [9.17, 15) is 0 Å². The van der Waals surface area contributed by atoms with Crippen LogP contribution < -0.4 is 4.74 Å². The summed E-state index contributed by atoms with van der Waals surface area (Å²) >= 11 is 6.19. The summed E-state index contributed by atoms with van der Waals surface area (Å²) in [6.45, 7) is 2.07. The molecule has 0 radical (unpaired) electrons. The van der Waals surface area contributed by atoms with Crippen LogP contribution >= 0.6 is 11.6 Å². The summed E-state index contributed by atoms with van der Waals surface area (Å²) in [7, 11) is 0. The van der Waals surface area contributed by atoms with Gasteiger partial charge in [0.1, 0.15) is 41.5 Å². The maximum Gasteiger partial charge on any atom is 0.228 e. The summed E-state index contributed by atoms with van der Waals surface area (Å²) in [6.07, 6.45) is 1.52. The van der Waals surface area contributed by atoms with Crippen molar-refractivity contribution in [3.8, 4) is 29.3 Å². The lowest BCUT2D eigenvalue weighted by Crippen LogP contribution is -1.97. The lowest BCUT2D eigenvalue weighted by atomic mass is 10.1. The van der Waals surface area contributed by atoms with Gasteiger partial charge in [-0.25, -0.2) is 4.98 Å². The molecule has 0 saturated carbocycles. The molecule has 0 aliphatic carbocycles. The predicted molar refractivity (Wildman–Crippen MR) is 102 cm³/mol. The molecule has 5 nitrogen and oxygen atoms in total. The highest BCUT2D eigenvalue weighted by atomic mass is 35.5. The Balaban J connectivity index is 1.71. The number of aromatic nitrogens is 1. The van der Waals surface area contributed by atoms with E-state index >= 15 is 0 Å². The maximum absolute atomic E-state index is 8.79. The van der Waals surface area contributed by atoms with Crippen molar-refractivity contribution < 1.29 is 9.15 Å². The average Bonchev–Trinajstić information content (AvgIpc) is 3.06. The Morgan fingerprint density at radius 1 is 1.15 bits per heavy atom. The molecule has 0 amide bonds. The first-order valence-corrected chi connectivity index (χ1v) is 8.44. The molecule has 1 heterocycles. The molecule has 3 aromatic rings. The lowest BCUT2D eigenvalue weighted by molar-refractivity contribution is 0.299. The van der Waals surface area contributed by atoms with Crippen LogP contribution in [0.15, 0.2) is 58.5 Å². The van der Waals surface area contributed by atoms with E-state index < -0.39 is 0 Å². The molecule has 0 unspecified atom stereocenters. The SMILES string of the molecule is Cc1oc(-c2ccccc2Cl)nc1COc1ccc(C=C(C#N)C#N)cc1. The third kappa shape index (κ3) is 4.36. The van der Waals surface area contributed by atoms with Gasteiger partial charge in [0.05, 0.1) is 10.6 Å². The number of rotatable bonds is 5. The number of hydrogen-bond acceptors (Lipinski definition) is 5. The van der Waals surface area contributed by atoms with Crippen LogP contribution in [0.2, 0.25) is 5.02 Å². The topological polar surface area (TPSA) is 82.8 Å². The van der Waals surface area contributed by atoms with Crippen LogP contribution in [0, 0.1) is 29.6 Å². The van der Waals surface area contributed by atoms with Crippen LogP contribution in [0.4, 0.5) is 0 Å². The minimum atomic E-state index is 0.0500. The zero-order valence-electron chi connectivity index (χ0n) is 14.4. The van der Waals surface area contributed by atoms with E-state index in [1.807, 2.05) is 37.3 Å². The summed E-state index contributed by atoms with van der Waals surface area (Å²) in [5.74, 6) is 1.76. The molecular formula is C21H14ClN3O2. The monoisotopic (exact) mass is 375 g/mol. The number of aryl methyl sites for hydroxylation is 1. The van der Waals surface area contributed by atoms with Crippen molar-refractivity contribution >= 4 is 17.7 Å². The highest BCUT2D eigenvalue weighted by Crippen LogP contribution is 2.28. The zero-order valence-corrected chi connectivity index (χ0v) is 15.2. The summed E-state index contributed by atoms with van der Waals surface area (Å²) in [6, 6.07) is 18.1. The normalized spacial score (nSPS) is 9.93. The minimum Gasteiger partial charge on any atom is -0.487 e. The predicted octanol–water partition coefficient (Wildman–Crippen LogP) is 5.31. The van der Waals surface area contributed by atoms with Crippen molar-refractivity contribution in [3.63, 3.8) is 0 Å². The maximum atomic E-state index is 8.79. The molecule has 0 N–H and O–H groups in total. The molecule has 0 atom stereocenters. The fourth-order valence-electron chi connectivity index (χ4n) is 2.38. The van der Waals surface area contributed by atoms with Gasteiger partial charge in [0.25, 0.3) is 0 Å². The molecule has 6 heteroatoms. The van der Waals surface area contributed by atoms with Gasteiger partial charge < -0.3 is 9.15 Å². The number of nitrogens with zero attached hydrogens (tertiary/aromatic N) is 3. The molecular weight excluding hydrogens is 362 g/mol. The number of nitriles is 2. The molecule has 0 fully saturated rings. The molecule has 27 heavy (non-hydrogen) atoms. The van der Waals surface area contributed by atoms with Crippen molar-refractivity contribution in [1.29, 1.82) is 10.5 Å². The molecule has 0 spiro atoms. The Kier molecular flexibility index (Phi) is 5.56. The first-order valence-electron chi connectivity index (χ1n) is 8.06. The molecule has 0 aliphatic rings. The fraction of sp³-hybridized carbons (Fsp3) is 0.0952. The number of allylic oxidation sites excluding steroid dienone is 1. The Morgan fingerprint density at radius 3 is 2.52 bits per heavy atom. The second-order valence-electron chi connectivity index (χ2n) is 5.64. The molecule has 2 aromatic carbocycles. The average molecular weight is 376 g/mol. The van der Waals surface area contributed by atoms with E-state index in [0.717, 1.165) is 11.1 Å². The standard InChI is InChI=1S/C21H14ClN3O2/c1-14-20(25-21(27-14)18-4-2-3-5-19(18)22)13-26-17-8-6-15(7-9-17)10-16(11-23)12-24/h2-10H,13H2,1H3. The number of oxazole rings is 1. The van der Waals surface area contributed by atoms with Crippen LogP contribution in [-0.4, -0.2) is 4.98 Å². The van der Waals surface area contributed by atoms with E-state index in [1.165, 1.54) is 6.08 Å². The minimum absolute atomic E-state index is 0.0500. The van der Waals surface area contributed by atoms with Gasteiger partial charge in [-0.05, 0) is 42.8 Å². The number of ether oxygens (including phenoxy) is 1. The second-order valence-corrected chi connectivity index (χ2v) is 6.05. The highest BCUT2D eigenvalue weighted by Gasteiger charge is 2.14. The van der Waals surface area contributed by atoms with Gasteiger partial charge >= 0.3 is 0 Å². The largest absolute Gasteiger partial charge is 0.487 e. The van der Waals surface area contributed by atoms with E-state index in [0.29, 0.717) is 28.1 Å². The van der Waals surface area contributed by atoms with Gasteiger partial charge in [-0.3, -0.25) is 0 Å². The Morgan fingerprint density at radius 2 is 1.85 bits per heavy atom. The molecule has 0 saturated heterocycles. The van der Waals surface area contributed by atoms with Gasteiger partial charge in [-0.2, -0.15) is 10.5 Å². The fourth-order valence-corrected chi connectivity index (χ4v) is 2.60. The summed E-state index contributed by atoms with van der Waals surface area (Å²) < 4.78 is 11.5. The van der Waals surface area contributed by atoms with E-state index in [-0.39, 0.29) is 12.2 Å². The van der Waals surface area contributed by atoms with Crippen molar-refractivity contribution in [2.24, 2.45) is 0 Å². The van der Waals surface area contributed by atoms with Gasteiger partial charge in [0.15, 0.2) is 0 Å². The quantitative estimate of drug-likeness (QED) is 0.564. The third-order valence-electron chi connectivity index (χ3n) is 3.80. The Hall–Kier alpha value is -3.54. The van der Waals surface area contributed by atoms with E-state index in [1.54, 1.807) is 30.3 Å². The van der Waals surface area contributed by atoms with E-state index in [4.69, 9.17) is 31.3 Å². The molecule has 3 rings (SSSR count). The Bertz CT molecular complexity index is 1050. The third-order valence-corrected chi connectivity index (χ3v) is 4.13. The van der Waals surface area contributed by atoms with Crippen molar-refractivity contribution in [1.82, 2.24) is 4.98 Å². The first-order chi connectivity index (χ1) is 13.1. The van der Waals surface area contributed by atoms with Crippen LogP contribution in [0.3, 0.4) is 0 Å². The van der Waals surface area contributed by atoms with Gasteiger partial charge in [0.2, 0.25) is 5.89 Å².